The molecule has 0 saturated carbocycles. The molecule has 1 saturated heterocycles. The highest BCUT2D eigenvalue weighted by molar-refractivity contribution is 5.72. The number of anilines is 1. The molecule has 1 unspecified atom stereocenters. The van der Waals surface area contributed by atoms with Gasteiger partial charge in [-0.25, -0.2) is 4.39 Å². The Balaban J connectivity index is 2.25. The zero-order chi connectivity index (χ0) is 17.0. The van der Waals surface area contributed by atoms with Gasteiger partial charge in [0.25, 0.3) is 5.69 Å². The maximum absolute atomic E-state index is 13.7. The molecule has 1 aliphatic heterocycles. The first kappa shape index (κ1) is 17.0. The van der Waals surface area contributed by atoms with Gasteiger partial charge in [-0.15, -0.1) is 0 Å². The van der Waals surface area contributed by atoms with Crippen molar-refractivity contribution in [1.29, 1.82) is 0 Å². The van der Waals surface area contributed by atoms with Gasteiger partial charge in [-0.3, -0.25) is 14.9 Å². The van der Waals surface area contributed by atoms with Crippen LogP contribution in [0.3, 0.4) is 0 Å². The van der Waals surface area contributed by atoms with Crippen LogP contribution in [0.2, 0.25) is 0 Å². The van der Waals surface area contributed by atoms with Gasteiger partial charge in [0, 0.05) is 32.6 Å². The molecule has 1 fully saturated rings. The average Bonchev–Trinajstić information content (AvgIpc) is 2.52. The van der Waals surface area contributed by atoms with Gasteiger partial charge in [-0.2, -0.15) is 0 Å². The van der Waals surface area contributed by atoms with E-state index in [-0.39, 0.29) is 23.3 Å². The largest absolute Gasteiger partial charge is 0.494 e. The lowest BCUT2D eigenvalue weighted by Gasteiger charge is -2.34. The van der Waals surface area contributed by atoms with Crippen molar-refractivity contribution in [3.63, 3.8) is 0 Å². The van der Waals surface area contributed by atoms with E-state index in [0.717, 1.165) is 18.9 Å². The van der Waals surface area contributed by atoms with Crippen LogP contribution in [0.15, 0.2) is 12.1 Å². The number of nitro benzene ring substituents is 1. The van der Waals surface area contributed by atoms with Crippen molar-refractivity contribution < 1.29 is 18.8 Å². The first-order valence-corrected chi connectivity index (χ1v) is 7.43. The van der Waals surface area contributed by atoms with Crippen molar-refractivity contribution in [2.75, 3.05) is 31.6 Å². The van der Waals surface area contributed by atoms with E-state index in [1.165, 1.54) is 20.1 Å². The van der Waals surface area contributed by atoms with Crippen molar-refractivity contribution in [1.82, 2.24) is 5.32 Å². The molecule has 23 heavy (non-hydrogen) atoms. The van der Waals surface area contributed by atoms with Crippen LogP contribution in [0.4, 0.5) is 15.8 Å². The Morgan fingerprint density at radius 2 is 2.30 bits per heavy atom. The van der Waals surface area contributed by atoms with Crippen molar-refractivity contribution in [2.24, 2.45) is 5.92 Å². The first-order chi connectivity index (χ1) is 10.9. The van der Waals surface area contributed by atoms with Gasteiger partial charge in [0.15, 0.2) is 11.6 Å². The molecule has 1 aliphatic rings. The summed E-state index contributed by atoms with van der Waals surface area (Å²) in [5, 5.41) is 14.0. The Bertz CT molecular complexity index is 609. The minimum absolute atomic E-state index is 0.0189. The minimum Gasteiger partial charge on any atom is -0.494 e. The zero-order valence-corrected chi connectivity index (χ0v) is 13.2. The molecule has 1 atom stereocenters. The number of methoxy groups -OCH3 is 1. The lowest BCUT2D eigenvalue weighted by Crippen LogP contribution is -2.40. The normalized spacial score (nSPS) is 17.7. The molecule has 1 aromatic rings. The highest BCUT2D eigenvalue weighted by Gasteiger charge is 2.27. The fraction of sp³-hybridized carbons (Fsp3) is 0.533. The monoisotopic (exact) mass is 325 g/mol. The van der Waals surface area contributed by atoms with Crippen molar-refractivity contribution in [3.05, 3.63) is 28.1 Å². The Morgan fingerprint density at radius 3 is 2.91 bits per heavy atom. The van der Waals surface area contributed by atoms with E-state index in [0.29, 0.717) is 25.3 Å². The van der Waals surface area contributed by atoms with E-state index in [1.54, 1.807) is 0 Å². The molecule has 0 aromatic heterocycles. The standard InChI is InChI=1S/C15H20FN3O4/c1-10(20)17-8-11-4-3-5-18(9-11)13-7-15(23-2)12(16)6-14(13)19(21)22/h6-7,11H,3-5,8-9H2,1-2H3,(H,17,20). The quantitative estimate of drug-likeness (QED) is 0.662. The lowest BCUT2D eigenvalue weighted by atomic mass is 9.97. The summed E-state index contributed by atoms with van der Waals surface area (Å²) < 4.78 is 18.7. The number of nitrogens with one attached hydrogen (secondary N) is 1. The SMILES string of the molecule is COc1cc(N2CCCC(CNC(C)=O)C2)c([N+](=O)[O-])cc1F. The number of carbonyl (C=O) groups is 1. The molecule has 8 heteroatoms. The van der Waals surface area contributed by atoms with Crippen LogP contribution < -0.4 is 15.0 Å². The second kappa shape index (κ2) is 7.26. The summed E-state index contributed by atoms with van der Waals surface area (Å²) >= 11 is 0. The molecule has 1 aromatic carbocycles. The molecule has 0 spiro atoms. The fourth-order valence-electron chi connectivity index (χ4n) is 2.83. The Kier molecular flexibility index (Phi) is 5.36. The molecule has 0 radical (unpaired) electrons. The van der Waals surface area contributed by atoms with Crippen molar-refractivity contribution >= 4 is 17.3 Å². The molecule has 2 rings (SSSR count). The molecule has 1 amide bonds. The number of benzene rings is 1. The van der Waals surface area contributed by atoms with Gasteiger partial charge in [-0.1, -0.05) is 0 Å². The van der Waals surface area contributed by atoms with Crippen LogP contribution in [0.5, 0.6) is 5.75 Å². The Morgan fingerprint density at radius 1 is 1.57 bits per heavy atom. The number of rotatable bonds is 5. The maximum atomic E-state index is 13.7. The molecule has 0 aliphatic carbocycles. The van der Waals surface area contributed by atoms with E-state index in [9.17, 15) is 19.3 Å². The third-order valence-electron chi connectivity index (χ3n) is 3.95. The van der Waals surface area contributed by atoms with Crippen LogP contribution >= 0.6 is 0 Å². The number of piperidine rings is 1. The van der Waals surface area contributed by atoms with E-state index in [4.69, 9.17) is 4.74 Å². The third kappa shape index (κ3) is 4.08. The molecular formula is C15H20FN3O4. The van der Waals surface area contributed by atoms with Crippen molar-refractivity contribution in [3.8, 4) is 5.75 Å². The summed E-state index contributed by atoms with van der Waals surface area (Å²) in [6, 6.07) is 2.26. The summed E-state index contributed by atoms with van der Waals surface area (Å²) in [5.74, 6) is -0.677. The number of ether oxygens (including phenoxy) is 1. The topological polar surface area (TPSA) is 84.7 Å². The molecule has 126 valence electrons. The highest BCUT2D eigenvalue weighted by atomic mass is 19.1. The molecule has 1 heterocycles. The molecule has 7 nitrogen and oxygen atoms in total. The number of nitrogens with zero attached hydrogens (tertiary/aromatic N) is 2. The number of hydrogen-bond donors (Lipinski definition) is 1. The van der Waals surface area contributed by atoms with Gasteiger partial charge in [0.05, 0.1) is 18.1 Å². The first-order valence-electron chi connectivity index (χ1n) is 7.43. The fourth-order valence-corrected chi connectivity index (χ4v) is 2.83. The summed E-state index contributed by atoms with van der Waals surface area (Å²) in [6.07, 6.45) is 1.78. The van der Waals surface area contributed by atoms with Gasteiger partial charge in [0.2, 0.25) is 5.91 Å². The minimum atomic E-state index is -0.755. The number of hydrogen-bond acceptors (Lipinski definition) is 5. The van der Waals surface area contributed by atoms with Gasteiger partial charge in [-0.05, 0) is 18.8 Å². The van der Waals surface area contributed by atoms with E-state index in [1.807, 2.05) is 4.90 Å². The van der Waals surface area contributed by atoms with Crippen molar-refractivity contribution in [2.45, 2.75) is 19.8 Å². The highest BCUT2D eigenvalue weighted by Crippen LogP contribution is 2.36. The Hall–Kier alpha value is -2.38. The number of amides is 1. The summed E-state index contributed by atoms with van der Waals surface area (Å²) in [7, 11) is 1.32. The number of halogens is 1. The predicted molar refractivity (Wildman–Crippen MR) is 83.2 cm³/mol. The maximum Gasteiger partial charge on any atom is 0.295 e. The molecule has 0 bridgehead atoms. The van der Waals surface area contributed by atoms with Gasteiger partial charge < -0.3 is 15.0 Å². The second-order valence-corrected chi connectivity index (χ2v) is 5.62. The van der Waals surface area contributed by atoms with Crippen LogP contribution in [0.25, 0.3) is 0 Å². The number of carbonyl (C=O) groups excluding carboxylic acids is 1. The summed E-state index contributed by atoms with van der Waals surface area (Å²) in [5.41, 5.74) is 0.0734. The average molecular weight is 325 g/mol. The second-order valence-electron chi connectivity index (χ2n) is 5.62. The van der Waals surface area contributed by atoms with E-state index in [2.05, 4.69) is 5.32 Å². The van der Waals surface area contributed by atoms with Crippen LogP contribution in [0, 0.1) is 21.8 Å². The molecule has 1 N–H and O–H groups in total. The summed E-state index contributed by atoms with van der Waals surface area (Å²) in [4.78, 5) is 23.5. The van der Waals surface area contributed by atoms with Crippen LogP contribution in [-0.4, -0.2) is 37.6 Å². The zero-order valence-electron chi connectivity index (χ0n) is 13.2. The Labute approximate surface area is 133 Å². The van der Waals surface area contributed by atoms with Gasteiger partial charge in [0.1, 0.15) is 5.69 Å². The number of nitro groups is 1. The van der Waals surface area contributed by atoms with E-state index < -0.39 is 10.7 Å². The van der Waals surface area contributed by atoms with Gasteiger partial charge >= 0.3 is 0 Å². The third-order valence-corrected chi connectivity index (χ3v) is 3.95. The lowest BCUT2D eigenvalue weighted by molar-refractivity contribution is -0.384. The molecular weight excluding hydrogens is 305 g/mol. The predicted octanol–water partition coefficient (Wildman–Crippen LogP) is 2.09. The van der Waals surface area contributed by atoms with E-state index >= 15 is 0 Å². The summed E-state index contributed by atoms with van der Waals surface area (Å²) in [6.45, 7) is 3.19. The van der Waals surface area contributed by atoms with Crippen LogP contribution in [0.1, 0.15) is 19.8 Å². The van der Waals surface area contributed by atoms with Crippen LogP contribution in [-0.2, 0) is 4.79 Å². The smallest absolute Gasteiger partial charge is 0.295 e.